The lowest BCUT2D eigenvalue weighted by atomic mass is 9.91. The third-order valence-electron chi connectivity index (χ3n) is 6.87. The number of hydrogen-bond donors (Lipinski definition) is 3. The molecular formula is C24H30F4N6O3. The molecule has 1 saturated heterocycles. The largest absolute Gasteiger partial charge is 0.435 e. The number of aromatic nitrogens is 2. The first-order valence-electron chi connectivity index (χ1n) is 12.1. The van der Waals surface area contributed by atoms with E-state index in [1.54, 1.807) is 9.80 Å². The summed E-state index contributed by atoms with van der Waals surface area (Å²) in [5.41, 5.74) is 5.41. The SMILES string of the molecule is NC(=O)CN1CC[C@H](CNc2ncnc(N(Cc3ccc(OC(F)F)cc3F)C3CCC3)c2F)[C@@H](O)C1. The summed E-state index contributed by atoms with van der Waals surface area (Å²) in [6.07, 6.45) is 3.56. The van der Waals surface area contributed by atoms with Crippen LogP contribution in [0.2, 0.25) is 0 Å². The maximum atomic E-state index is 15.6. The fourth-order valence-electron chi connectivity index (χ4n) is 4.65. The normalized spacial score (nSPS) is 20.5. The summed E-state index contributed by atoms with van der Waals surface area (Å²) in [5.74, 6) is -2.43. The van der Waals surface area contributed by atoms with Gasteiger partial charge >= 0.3 is 6.61 Å². The molecule has 1 amide bonds. The number of aliphatic hydroxyl groups is 1. The molecule has 202 valence electrons. The van der Waals surface area contributed by atoms with E-state index in [1.807, 2.05) is 0 Å². The molecule has 4 N–H and O–H groups in total. The molecule has 1 aliphatic carbocycles. The molecule has 1 aromatic carbocycles. The molecule has 0 spiro atoms. The van der Waals surface area contributed by atoms with Crippen LogP contribution in [0.25, 0.3) is 0 Å². The van der Waals surface area contributed by atoms with E-state index < -0.39 is 30.3 Å². The highest BCUT2D eigenvalue weighted by atomic mass is 19.3. The van der Waals surface area contributed by atoms with Gasteiger partial charge in [-0.3, -0.25) is 9.69 Å². The van der Waals surface area contributed by atoms with Crippen LogP contribution in [0, 0.1) is 17.6 Å². The van der Waals surface area contributed by atoms with E-state index in [0.717, 1.165) is 25.3 Å². The van der Waals surface area contributed by atoms with E-state index in [-0.39, 0.29) is 61.1 Å². The van der Waals surface area contributed by atoms with Crippen LogP contribution >= 0.6 is 0 Å². The number of alkyl halides is 2. The van der Waals surface area contributed by atoms with E-state index in [2.05, 4.69) is 20.0 Å². The van der Waals surface area contributed by atoms with Crippen molar-refractivity contribution >= 4 is 17.5 Å². The lowest BCUT2D eigenvalue weighted by molar-refractivity contribution is -0.120. The lowest BCUT2D eigenvalue weighted by Gasteiger charge is -2.39. The number of carbonyl (C=O) groups excluding carboxylic acids is 1. The standard InChI is InChI=1S/C24H30F4N6O3/c25-18-8-17(37-24(27)28)5-4-15(18)10-34(16-2-1-3-16)23-21(26)22(31-13-32-23)30-9-14-6-7-33(11-19(14)35)12-20(29)36/h4-5,8,13-14,16,19,24,35H,1-3,6-7,9-12H2,(H2,29,36)(H,30,31,32)/t14-,19+/m1/s1. The van der Waals surface area contributed by atoms with Crippen molar-refractivity contribution in [2.45, 2.75) is 51.0 Å². The maximum Gasteiger partial charge on any atom is 0.387 e. The number of nitrogens with one attached hydrogen (secondary N) is 1. The van der Waals surface area contributed by atoms with Crippen LogP contribution in [-0.4, -0.2) is 70.8 Å². The summed E-state index contributed by atoms with van der Waals surface area (Å²) in [6.45, 7) is -1.90. The van der Waals surface area contributed by atoms with Gasteiger partial charge in [0.15, 0.2) is 11.6 Å². The number of carbonyl (C=O) groups is 1. The Balaban J connectivity index is 1.46. The summed E-state index contributed by atoms with van der Waals surface area (Å²) >= 11 is 0. The molecule has 1 aliphatic heterocycles. The Morgan fingerprint density at radius 1 is 1.27 bits per heavy atom. The number of anilines is 2. The van der Waals surface area contributed by atoms with Crippen molar-refractivity contribution in [1.82, 2.24) is 14.9 Å². The Kier molecular flexibility index (Phi) is 8.64. The monoisotopic (exact) mass is 526 g/mol. The summed E-state index contributed by atoms with van der Waals surface area (Å²) in [5, 5.41) is 13.4. The molecule has 4 rings (SSSR count). The highest BCUT2D eigenvalue weighted by molar-refractivity contribution is 5.75. The fraction of sp³-hybridized carbons (Fsp3) is 0.542. The summed E-state index contributed by atoms with van der Waals surface area (Å²) in [6, 6.07) is 3.39. The molecule has 0 unspecified atom stereocenters. The fourth-order valence-corrected chi connectivity index (χ4v) is 4.65. The molecule has 1 aromatic heterocycles. The molecule has 0 radical (unpaired) electrons. The topological polar surface area (TPSA) is 117 Å². The number of primary amides is 1. The quantitative estimate of drug-likeness (QED) is 0.383. The predicted octanol–water partition coefficient (Wildman–Crippen LogP) is 2.50. The van der Waals surface area contributed by atoms with Crippen molar-refractivity contribution in [3.63, 3.8) is 0 Å². The number of ether oxygens (including phenoxy) is 1. The second-order valence-electron chi connectivity index (χ2n) is 9.40. The van der Waals surface area contributed by atoms with Gasteiger partial charge in [0.05, 0.1) is 12.6 Å². The van der Waals surface area contributed by atoms with E-state index in [9.17, 15) is 23.1 Å². The number of piperidine rings is 1. The number of aliphatic hydroxyl groups excluding tert-OH is 1. The molecule has 1 saturated carbocycles. The Morgan fingerprint density at radius 2 is 2.05 bits per heavy atom. The van der Waals surface area contributed by atoms with Crippen molar-refractivity contribution in [1.29, 1.82) is 0 Å². The maximum absolute atomic E-state index is 15.6. The minimum absolute atomic E-state index is 0.00586. The second-order valence-corrected chi connectivity index (χ2v) is 9.40. The molecule has 2 aromatic rings. The first-order valence-corrected chi connectivity index (χ1v) is 12.1. The third kappa shape index (κ3) is 6.77. The van der Waals surface area contributed by atoms with Gasteiger partial charge in [-0.25, -0.2) is 14.4 Å². The molecule has 9 nitrogen and oxygen atoms in total. The number of hydrogen-bond acceptors (Lipinski definition) is 8. The molecular weight excluding hydrogens is 496 g/mol. The van der Waals surface area contributed by atoms with Crippen LogP contribution in [-0.2, 0) is 11.3 Å². The van der Waals surface area contributed by atoms with Crippen LogP contribution in [0.1, 0.15) is 31.2 Å². The number of β-amino-alcohol motifs (C(OH)–C–C–N with tert-alkyl or cyclic N) is 1. The van der Waals surface area contributed by atoms with Crippen molar-refractivity contribution < 1.29 is 32.2 Å². The zero-order valence-electron chi connectivity index (χ0n) is 20.1. The highest BCUT2D eigenvalue weighted by Crippen LogP contribution is 2.34. The summed E-state index contributed by atoms with van der Waals surface area (Å²) in [7, 11) is 0. The highest BCUT2D eigenvalue weighted by Gasteiger charge is 2.31. The number of nitrogens with two attached hydrogens (primary N) is 1. The van der Waals surface area contributed by atoms with Gasteiger partial charge in [0.1, 0.15) is 17.9 Å². The third-order valence-corrected chi connectivity index (χ3v) is 6.87. The van der Waals surface area contributed by atoms with Crippen molar-refractivity contribution in [3.05, 3.63) is 41.7 Å². The van der Waals surface area contributed by atoms with Gasteiger partial charge in [-0.05, 0) is 38.3 Å². The van der Waals surface area contributed by atoms with Crippen molar-refractivity contribution in [2.24, 2.45) is 11.7 Å². The van der Waals surface area contributed by atoms with E-state index in [4.69, 9.17) is 5.73 Å². The average Bonchev–Trinajstić information content (AvgIpc) is 2.78. The number of benzene rings is 1. The first-order chi connectivity index (χ1) is 17.7. The van der Waals surface area contributed by atoms with Crippen LogP contribution in [0.3, 0.4) is 0 Å². The van der Waals surface area contributed by atoms with Crippen molar-refractivity contribution in [3.8, 4) is 5.75 Å². The van der Waals surface area contributed by atoms with Crippen LogP contribution in [0.15, 0.2) is 24.5 Å². The Bertz CT molecular complexity index is 1090. The van der Waals surface area contributed by atoms with Gasteiger partial charge in [0.2, 0.25) is 11.7 Å². The first kappa shape index (κ1) is 26.9. The Morgan fingerprint density at radius 3 is 2.68 bits per heavy atom. The van der Waals surface area contributed by atoms with Gasteiger partial charge in [-0.15, -0.1) is 0 Å². The zero-order valence-corrected chi connectivity index (χ0v) is 20.1. The van der Waals surface area contributed by atoms with E-state index in [0.29, 0.717) is 13.0 Å². The van der Waals surface area contributed by atoms with E-state index >= 15 is 4.39 Å². The van der Waals surface area contributed by atoms with Gasteiger partial charge in [0, 0.05) is 43.2 Å². The Labute approximate surface area is 211 Å². The molecule has 2 aliphatic rings. The number of amides is 1. The van der Waals surface area contributed by atoms with Gasteiger partial charge in [0.25, 0.3) is 0 Å². The summed E-state index contributed by atoms with van der Waals surface area (Å²) < 4.78 is 59.4. The zero-order chi connectivity index (χ0) is 26.5. The van der Waals surface area contributed by atoms with Gasteiger partial charge < -0.3 is 25.8 Å². The van der Waals surface area contributed by atoms with E-state index in [1.165, 1.54) is 18.5 Å². The molecule has 2 atom stereocenters. The molecule has 37 heavy (non-hydrogen) atoms. The minimum atomic E-state index is -3.07. The lowest BCUT2D eigenvalue weighted by Crippen LogP contribution is -2.48. The molecule has 2 heterocycles. The smallest absolute Gasteiger partial charge is 0.387 e. The van der Waals surface area contributed by atoms with Gasteiger partial charge in [-0.2, -0.15) is 13.2 Å². The van der Waals surface area contributed by atoms with Crippen LogP contribution in [0.5, 0.6) is 5.75 Å². The number of likely N-dealkylation sites (tertiary alicyclic amines) is 1. The van der Waals surface area contributed by atoms with Gasteiger partial charge in [-0.1, -0.05) is 6.07 Å². The molecule has 13 heteroatoms. The van der Waals surface area contributed by atoms with Crippen molar-refractivity contribution in [2.75, 3.05) is 36.4 Å². The number of rotatable bonds is 11. The summed E-state index contributed by atoms with van der Waals surface area (Å²) in [4.78, 5) is 22.7. The number of halogens is 4. The minimum Gasteiger partial charge on any atom is -0.435 e. The molecule has 2 fully saturated rings. The Hall–Kier alpha value is -3.19. The van der Waals surface area contributed by atoms with Crippen LogP contribution in [0.4, 0.5) is 29.2 Å². The second kappa shape index (κ2) is 11.9. The average molecular weight is 527 g/mol. The van der Waals surface area contributed by atoms with Crippen LogP contribution < -0.4 is 20.7 Å². The predicted molar refractivity (Wildman–Crippen MR) is 127 cm³/mol. The number of nitrogens with zero attached hydrogens (tertiary/aromatic N) is 4. The molecule has 0 bridgehead atoms.